The van der Waals surface area contributed by atoms with Crippen molar-refractivity contribution in [3.63, 3.8) is 0 Å². The molecule has 0 aliphatic carbocycles. The fourth-order valence-electron chi connectivity index (χ4n) is 3.96. The second kappa shape index (κ2) is 7.93. The Morgan fingerprint density at radius 3 is 1.75 bits per heavy atom. The molecule has 0 spiro atoms. The third kappa shape index (κ3) is 3.86. The predicted octanol–water partition coefficient (Wildman–Crippen LogP) is 3.87. The van der Waals surface area contributed by atoms with Crippen LogP contribution in [0.15, 0.2) is 29.2 Å². The van der Waals surface area contributed by atoms with Gasteiger partial charge in [-0.1, -0.05) is 12.1 Å². The molecule has 0 N–H and O–H groups in total. The molecule has 0 atom stereocenters. The van der Waals surface area contributed by atoms with Gasteiger partial charge >= 0.3 is 0 Å². The summed E-state index contributed by atoms with van der Waals surface area (Å²) >= 11 is 0. The van der Waals surface area contributed by atoms with Crippen LogP contribution in [0.2, 0.25) is 0 Å². The lowest BCUT2D eigenvalue weighted by Crippen LogP contribution is -2.48. The van der Waals surface area contributed by atoms with Crippen molar-refractivity contribution in [2.45, 2.75) is 46.1 Å². The number of halogens is 1. The first-order valence-corrected chi connectivity index (χ1v) is 11.1. The molecule has 1 fully saturated rings. The van der Waals surface area contributed by atoms with Gasteiger partial charge in [-0.15, -0.1) is 0 Å². The molecule has 1 aliphatic rings. The van der Waals surface area contributed by atoms with Gasteiger partial charge in [-0.2, -0.15) is 4.31 Å². The highest BCUT2D eigenvalue weighted by Gasteiger charge is 2.32. The van der Waals surface area contributed by atoms with Crippen LogP contribution in [0.5, 0.6) is 0 Å². The van der Waals surface area contributed by atoms with Crippen LogP contribution in [0.4, 0.5) is 4.39 Å². The molecule has 0 bridgehead atoms. The number of hydrogen-bond donors (Lipinski definition) is 0. The van der Waals surface area contributed by atoms with E-state index in [2.05, 4.69) is 11.8 Å². The first-order chi connectivity index (χ1) is 13.1. The van der Waals surface area contributed by atoms with Crippen molar-refractivity contribution in [1.29, 1.82) is 0 Å². The summed E-state index contributed by atoms with van der Waals surface area (Å²) in [7, 11) is -3.53. The molecule has 0 saturated carbocycles. The van der Waals surface area contributed by atoms with E-state index in [0.717, 1.165) is 33.4 Å². The van der Waals surface area contributed by atoms with Crippen LogP contribution in [0, 0.1) is 40.4 Å². The van der Waals surface area contributed by atoms with Crippen LogP contribution in [-0.4, -0.2) is 43.8 Å². The highest BCUT2D eigenvalue weighted by Crippen LogP contribution is 2.32. The molecule has 0 amide bonds. The summed E-state index contributed by atoms with van der Waals surface area (Å²) in [5.41, 5.74) is 6.02. The third-order valence-electron chi connectivity index (χ3n) is 6.18. The van der Waals surface area contributed by atoms with Gasteiger partial charge in [-0.3, -0.25) is 4.90 Å². The number of rotatable bonds is 4. The van der Waals surface area contributed by atoms with Crippen LogP contribution in [-0.2, 0) is 16.6 Å². The maximum atomic E-state index is 13.4. The van der Waals surface area contributed by atoms with E-state index in [1.54, 1.807) is 16.4 Å². The molecule has 0 aromatic heterocycles. The Balaban J connectivity index is 1.78. The summed E-state index contributed by atoms with van der Waals surface area (Å²) in [6.07, 6.45) is 0. The zero-order valence-corrected chi connectivity index (χ0v) is 18.2. The SMILES string of the molecule is Cc1c(C)c(C)c(S(=O)(=O)N2CCN(Cc3ccc(F)cc3)CC2)c(C)c1C. The Bertz CT molecular complexity index is 948. The Hall–Kier alpha value is -1.76. The molecule has 2 aromatic carbocycles. The van der Waals surface area contributed by atoms with E-state index in [9.17, 15) is 12.8 Å². The molecule has 2 aromatic rings. The van der Waals surface area contributed by atoms with E-state index >= 15 is 0 Å². The van der Waals surface area contributed by atoms with Gasteiger partial charge in [0.05, 0.1) is 4.90 Å². The molecular formula is C22H29FN2O2S. The summed E-state index contributed by atoms with van der Waals surface area (Å²) in [5, 5.41) is 0. The molecule has 0 radical (unpaired) electrons. The summed E-state index contributed by atoms with van der Waals surface area (Å²) in [5.74, 6) is -0.242. The van der Waals surface area contributed by atoms with Crippen LogP contribution < -0.4 is 0 Å². The first-order valence-electron chi connectivity index (χ1n) is 9.67. The molecule has 4 nitrogen and oxygen atoms in total. The smallest absolute Gasteiger partial charge is 0.243 e. The van der Waals surface area contributed by atoms with E-state index in [1.165, 1.54) is 12.1 Å². The van der Waals surface area contributed by atoms with Crippen molar-refractivity contribution in [3.8, 4) is 0 Å². The lowest BCUT2D eigenvalue weighted by Gasteiger charge is -2.35. The number of hydrogen-bond acceptors (Lipinski definition) is 3. The fraction of sp³-hybridized carbons (Fsp3) is 0.455. The maximum absolute atomic E-state index is 13.4. The number of piperazine rings is 1. The van der Waals surface area contributed by atoms with Crippen molar-refractivity contribution < 1.29 is 12.8 Å². The zero-order valence-electron chi connectivity index (χ0n) is 17.3. The lowest BCUT2D eigenvalue weighted by atomic mass is 9.95. The molecule has 3 rings (SSSR count). The lowest BCUT2D eigenvalue weighted by molar-refractivity contribution is 0.181. The quantitative estimate of drug-likeness (QED) is 0.777. The molecule has 1 heterocycles. The van der Waals surface area contributed by atoms with Crippen molar-refractivity contribution in [2.24, 2.45) is 0 Å². The van der Waals surface area contributed by atoms with E-state index in [1.807, 2.05) is 27.7 Å². The standard InChI is InChI=1S/C22H29FN2O2S/c1-15-16(2)18(4)22(19(5)17(15)3)28(26,27)25-12-10-24(11-13-25)14-20-6-8-21(23)9-7-20/h6-9H,10-14H2,1-5H3. The summed E-state index contributed by atoms with van der Waals surface area (Å²) in [6.45, 7) is 12.8. The Labute approximate surface area is 168 Å². The van der Waals surface area contributed by atoms with E-state index in [0.29, 0.717) is 37.6 Å². The van der Waals surface area contributed by atoms with Crippen molar-refractivity contribution >= 4 is 10.0 Å². The van der Waals surface area contributed by atoms with E-state index < -0.39 is 10.0 Å². The molecule has 6 heteroatoms. The largest absolute Gasteiger partial charge is 0.296 e. The molecule has 28 heavy (non-hydrogen) atoms. The normalized spacial score (nSPS) is 16.5. The first kappa shape index (κ1) is 21.0. The molecule has 1 aliphatic heterocycles. The van der Waals surface area contributed by atoms with Crippen LogP contribution in [0.25, 0.3) is 0 Å². The van der Waals surface area contributed by atoms with Gasteiger partial charge in [0.1, 0.15) is 5.82 Å². The molecular weight excluding hydrogens is 375 g/mol. The van der Waals surface area contributed by atoms with Gasteiger partial charge in [0, 0.05) is 32.7 Å². The summed E-state index contributed by atoms with van der Waals surface area (Å²) < 4.78 is 41.5. The maximum Gasteiger partial charge on any atom is 0.243 e. The van der Waals surface area contributed by atoms with Gasteiger partial charge in [0.15, 0.2) is 0 Å². The van der Waals surface area contributed by atoms with E-state index in [4.69, 9.17) is 0 Å². The van der Waals surface area contributed by atoms with Crippen LogP contribution in [0.3, 0.4) is 0 Å². The van der Waals surface area contributed by atoms with Gasteiger partial charge in [0.2, 0.25) is 10.0 Å². The minimum absolute atomic E-state index is 0.242. The summed E-state index contributed by atoms with van der Waals surface area (Å²) in [4.78, 5) is 2.69. The average molecular weight is 405 g/mol. The number of nitrogens with zero attached hydrogens (tertiary/aromatic N) is 2. The number of sulfonamides is 1. The molecule has 152 valence electrons. The highest BCUT2D eigenvalue weighted by atomic mass is 32.2. The highest BCUT2D eigenvalue weighted by molar-refractivity contribution is 7.89. The van der Waals surface area contributed by atoms with Crippen LogP contribution in [0.1, 0.15) is 33.4 Å². The van der Waals surface area contributed by atoms with Gasteiger partial charge in [-0.05, 0) is 80.1 Å². The van der Waals surface area contributed by atoms with Crippen LogP contribution >= 0.6 is 0 Å². The minimum atomic E-state index is -3.53. The second-order valence-electron chi connectivity index (χ2n) is 7.76. The molecule has 0 unspecified atom stereocenters. The van der Waals surface area contributed by atoms with Gasteiger partial charge in [0.25, 0.3) is 0 Å². The van der Waals surface area contributed by atoms with Gasteiger partial charge in [-0.25, -0.2) is 12.8 Å². The Kier molecular flexibility index (Phi) is 5.94. The average Bonchev–Trinajstić information content (AvgIpc) is 2.67. The fourth-order valence-corrected chi connectivity index (χ4v) is 5.94. The predicted molar refractivity (Wildman–Crippen MR) is 111 cm³/mol. The van der Waals surface area contributed by atoms with Crippen molar-refractivity contribution in [3.05, 3.63) is 63.5 Å². The van der Waals surface area contributed by atoms with Gasteiger partial charge < -0.3 is 0 Å². The van der Waals surface area contributed by atoms with E-state index in [-0.39, 0.29) is 5.82 Å². The Morgan fingerprint density at radius 1 is 0.786 bits per heavy atom. The third-order valence-corrected chi connectivity index (χ3v) is 8.35. The van der Waals surface area contributed by atoms with Crippen molar-refractivity contribution in [2.75, 3.05) is 26.2 Å². The second-order valence-corrected chi connectivity index (χ2v) is 9.64. The number of benzene rings is 2. The van der Waals surface area contributed by atoms with Crippen molar-refractivity contribution in [1.82, 2.24) is 9.21 Å². The Morgan fingerprint density at radius 2 is 1.25 bits per heavy atom. The summed E-state index contributed by atoms with van der Waals surface area (Å²) in [6, 6.07) is 6.49. The minimum Gasteiger partial charge on any atom is -0.296 e. The zero-order chi connectivity index (χ0) is 20.6. The molecule has 1 saturated heterocycles. The monoisotopic (exact) mass is 404 g/mol. The topological polar surface area (TPSA) is 40.6 Å².